The van der Waals surface area contributed by atoms with Crippen molar-refractivity contribution in [2.24, 2.45) is 0 Å². The van der Waals surface area contributed by atoms with E-state index in [2.05, 4.69) is 5.32 Å². The second kappa shape index (κ2) is 8.34. The normalized spacial score (nSPS) is 14.6. The number of halogens is 1. The van der Waals surface area contributed by atoms with Gasteiger partial charge in [-0.25, -0.2) is 0 Å². The Bertz CT molecular complexity index is 651. The molecule has 7 heteroatoms. The molecule has 0 fully saturated rings. The number of benzene rings is 1. The third kappa shape index (κ3) is 4.31. The van der Waals surface area contributed by atoms with Crippen LogP contribution in [0, 0.1) is 0 Å². The summed E-state index contributed by atoms with van der Waals surface area (Å²) in [5.74, 6) is -0.985. The first-order chi connectivity index (χ1) is 11.9. The summed E-state index contributed by atoms with van der Waals surface area (Å²) in [6.45, 7) is 4.02. The Hall–Kier alpha value is -2.08. The molecule has 1 heterocycles. The zero-order valence-electron chi connectivity index (χ0n) is 14.4. The Kier molecular flexibility index (Phi) is 6.42. The van der Waals surface area contributed by atoms with Gasteiger partial charge in [-0.1, -0.05) is 11.6 Å². The van der Waals surface area contributed by atoms with Crippen molar-refractivity contribution in [3.05, 3.63) is 28.8 Å². The molecule has 0 saturated heterocycles. The maximum Gasteiger partial charge on any atom is 0.305 e. The van der Waals surface area contributed by atoms with Crippen molar-refractivity contribution in [2.45, 2.75) is 44.9 Å². The number of carbonyl (C=O) groups excluding carboxylic acids is 3. The lowest BCUT2D eigenvalue weighted by molar-refractivity contribution is -0.143. The van der Waals surface area contributed by atoms with Crippen molar-refractivity contribution >= 4 is 35.1 Å². The highest BCUT2D eigenvalue weighted by atomic mass is 35.5. The number of ether oxygens (including phenoxy) is 2. The molecule has 0 bridgehead atoms. The first-order valence-corrected chi connectivity index (χ1v) is 8.73. The fourth-order valence-electron chi connectivity index (χ4n) is 3.10. The second-order valence-electron chi connectivity index (χ2n) is 5.84. The Morgan fingerprint density at radius 1 is 1.08 bits per heavy atom. The molecule has 0 atom stereocenters. The summed E-state index contributed by atoms with van der Waals surface area (Å²) in [5.41, 5.74) is 0.362. The van der Waals surface area contributed by atoms with Gasteiger partial charge in [0.15, 0.2) is 0 Å². The number of esters is 2. The minimum atomic E-state index is -1.00. The summed E-state index contributed by atoms with van der Waals surface area (Å²) in [6, 6.07) is 5.13. The first-order valence-electron chi connectivity index (χ1n) is 8.35. The van der Waals surface area contributed by atoms with Gasteiger partial charge in [-0.15, -0.1) is 0 Å². The van der Waals surface area contributed by atoms with Crippen LogP contribution < -0.4 is 5.32 Å². The number of hydrogen-bond donors (Lipinski definition) is 1. The molecule has 25 heavy (non-hydrogen) atoms. The van der Waals surface area contributed by atoms with Crippen LogP contribution in [0.2, 0.25) is 5.02 Å². The SMILES string of the molecule is CCOC(=O)CCC1(CCC(=O)OCC)C(=O)Nc2ccc(Cl)cc21. The zero-order chi connectivity index (χ0) is 18.4. The van der Waals surface area contributed by atoms with Gasteiger partial charge >= 0.3 is 11.9 Å². The molecule has 2 rings (SSSR count). The summed E-state index contributed by atoms with van der Waals surface area (Å²) < 4.78 is 9.94. The van der Waals surface area contributed by atoms with Gasteiger partial charge in [-0.2, -0.15) is 0 Å². The third-order valence-corrected chi connectivity index (χ3v) is 4.54. The van der Waals surface area contributed by atoms with Crippen molar-refractivity contribution in [2.75, 3.05) is 18.5 Å². The number of amides is 1. The summed E-state index contributed by atoms with van der Waals surface area (Å²) >= 11 is 6.10. The van der Waals surface area contributed by atoms with E-state index in [0.717, 1.165) is 0 Å². The molecule has 0 spiro atoms. The molecule has 0 unspecified atom stereocenters. The van der Waals surface area contributed by atoms with Crippen LogP contribution in [0.3, 0.4) is 0 Å². The molecule has 0 saturated carbocycles. The van der Waals surface area contributed by atoms with Gasteiger partial charge in [0.05, 0.1) is 18.6 Å². The Labute approximate surface area is 151 Å². The van der Waals surface area contributed by atoms with Gasteiger partial charge in [-0.05, 0) is 50.5 Å². The smallest absolute Gasteiger partial charge is 0.305 e. The fraction of sp³-hybridized carbons (Fsp3) is 0.500. The van der Waals surface area contributed by atoms with Crippen molar-refractivity contribution in [1.29, 1.82) is 0 Å². The molecule has 6 nitrogen and oxygen atoms in total. The molecule has 0 radical (unpaired) electrons. The van der Waals surface area contributed by atoms with Crippen LogP contribution in [0.25, 0.3) is 0 Å². The van der Waals surface area contributed by atoms with Gasteiger partial charge < -0.3 is 14.8 Å². The van der Waals surface area contributed by atoms with E-state index in [0.29, 0.717) is 16.3 Å². The molecule has 0 aromatic heterocycles. The molecule has 1 aromatic carbocycles. The highest BCUT2D eigenvalue weighted by Crippen LogP contribution is 2.45. The second-order valence-corrected chi connectivity index (χ2v) is 6.27. The van der Waals surface area contributed by atoms with Gasteiger partial charge in [0.25, 0.3) is 0 Å². The number of nitrogens with one attached hydrogen (secondary N) is 1. The minimum Gasteiger partial charge on any atom is -0.466 e. The van der Waals surface area contributed by atoms with Gasteiger partial charge in [0, 0.05) is 23.6 Å². The van der Waals surface area contributed by atoms with Gasteiger partial charge in [0.2, 0.25) is 5.91 Å². The molecule has 1 N–H and O–H groups in total. The van der Waals surface area contributed by atoms with Crippen molar-refractivity contribution in [3.63, 3.8) is 0 Å². The molecule has 1 aliphatic rings. The lowest BCUT2D eigenvalue weighted by Gasteiger charge is -2.27. The molecule has 136 valence electrons. The van der Waals surface area contributed by atoms with E-state index in [4.69, 9.17) is 21.1 Å². The predicted octanol–water partition coefficient (Wildman–Crippen LogP) is 3.22. The van der Waals surface area contributed by atoms with Gasteiger partial charge in [-0.3, -0.25) is 14.4 Å². The van der Waals surface area contributed by atoms with E-state index in [9.17, 15) is 14.4 Å². The van der Waals surface area contributed by atoms with Crippen LogP contribution in [-0.4, -0.2) is 31.1 Å². The summed E-state index contributed by atoms with van der Waals surface area (Å²) in [6.07, 6.45) is 0.640. The number of hydrogen-bond acceptors (Lipinski definition) is 5. The Balaban J connectivity index is 2.29. The quantitative estimate of drug-likeness (QED) is 0.713. The summed E-state index contributed by atoms with van der Waals surface area (Å²) in [5, 5.41) is 3.32. The van der Waals surface area contributed by atoms with Gasteiger partial charge in [0.1, 0.15) is 0 Å². The lowest BCUT2D eigenvalue weighted by atomic mass is 9.74. The molecule has 1 aromatic rings. The Morgan fingerprint density at radius 2 is 1.64 bits per heavy atom. The van der Waals surface area contributed by atoms with E-state index in [1.54, 1.807) is 32.0 Å². The largest absolute Gasteiger partial charge is 0.466 e. The lowest BCUT2D eigenvalue weighted by Crippen LogP contribution is -2.36. The van der Waals surface area contributed by atoms with Crippen LogP contribution in [0.15, 0.2) is 18.2 Å². The first kappa shape index (κ1) is 19.2. The molecule has 1 amide bonds. The molecule has 0 aliphatic carbocycles. The van der Waals surface area contributed by atoms with Crippen LogP contribution in [-0.2, 0) is 29.3 Å². The van der Waals surface area contributed by atoms with E-state index < -0.39 is 5.41 Å². The maximum atomic E-state index is 12.7. The number of fused-ring (bicyclic) bond motifs is 1. The third-order valence-electron chi connectivity index (χ3n) is 4.30. The van der Waals surface area contributed by atoms with Crippen LogP contribution in [0.5, 0.6) is 0 Å². The molecular formula is C18H22ClNO5. The average molecular weight is 368 g/mol. The van der Waals surface area contributed by atoms with Crippen LogP contribution in [0.4, 0.5) is 5.69 Å². The topological polar surface area (TPSA) is 81.7 Å². The van der Waals surface area contributed by atoms with E-state index >= 15 is 0 Å². The van der Waals surface area contributed by atoms with Crippen molar-refractivity contribution < 1.29 is 23.9 Å². The summed E-state index contributed by atoms with van der Waals surface area (Å²) in [7, 11) is 0. The van der Waals surface area contributed by atoms with E-state index in [-0.39, 0.29) is 56.7 Å². The van der Waals surface area contributed by atoms with E-state index in [1.165, 1.54) is 0 Å². The molecule has 1 aliphatic heterocycles. The van der Waals surface area contributed by atoms with Crippen LogP contribution in [0.1, 0.15) is 45.1 Å². The number of rotatable bonds is 8. The standard InChI is InChI=1S/C18H22ClNO5/c1-3-24-15(21)7-9-18(10-8-16(22)25-4-2)13-11-12(19)5-6-14(13)20-17(18)23/h5-6,11H,3-4,7-10H2,1-2H3,(H,20,23). The average Bonchev–Trinajstić information content (AvgIpc) is 2.83. The molecular weight excluding hydrogens is 346 g/mol. The number of carbonyl (C=O) groups is 3. The monoisotopic (exact) mass is 367 g/mol. The van der Waals surface area contributed by atoms with Crippen LogP contribution >= 0.6 is 11.6 Å². The Morgan fingerprint density at radius 3 is 2.16 bits per heavy atom. The van der Waals surface area contributed by atoms with Crippen molar-refractivity contribution in [1.82, 2.24) is 0 Å². The van der Waals surface area contributed by atoms with E-state index in [1.807, 2.05) is 0 Å². The minimum absolute atomic E-state index is 0.0794. The highest BCUT2D eigenvalue weighted by molar-refractivity contribution is 6.31. The predicted molar refractivity (Wildman–Crippen MR) is 93.5 cm³/mol. The highest BCUT2D eigenvalue weighted by Gasteiger charge is 2.47. The fourth-order valence-corrected chi connectivity index (χ4v) is 3.28. The number of anilines is 1. The van der Waals surface area contributed by atoms with Crippen molar-refractivity contribution in [3.8, 4) is 0 Å². The summed E-state index contributed by atoms with van der Waals surface area (Å²) in [4.78, 5) is 36.3. The maximum absolute atomic E-state index is 12.7. The zero-order valence-corrected chi connectivity index (χ0v) is 15.1.